The highest BCUT2D eigenvalue weighted by atomic mass is 16.5. The number of hydrogen-bond donors (Lipinski definition) is 1. The molecule has 16 heavy (non-hydrogen) atoms. The molecular weight excluding hydrogens is 198 g/mol. The van der Waals surface area contributed by atoms with Crippen molar-refractivity contribution >= 4 is 0 Å². The minimum Gasteiger partial charge on any atom is -0.385 e. The summed E-state index contributed by atoms with van der Waals surface area (Å²) in [7, 11) is 1.76. The Morgan fingerprint density at radius 3 is 2.50 bits per heavy atom. The van der Waals surface area contributed by atoms with Gasteiger partial charge in [-0.25, -0.2) is 0 Å². The number of unbranched alkanes of at least 4 members (excludes halogenated alkanes) is 1. The Hall–Kier alpha value is -0.860. The number of rotatable bonds is 6. The van der Waals surface area contributed by atoms with Crippen LogP contribution in [0.5, 0.6) is 0 Å². The fourth-order valence-electron chi connectivity index (χ4n) is 2.38. The van der Waals surface area contributed by atoms with Gasteiger partial charge in [0.2, 0.25) is 0 Å². The second-order valence-electron chi connectivity index (χ2n) is 4.53. The summed E-state index contributed by atoms with van der Waals surface area (Å²) < 4.78 is 5.04. The van der Waals surface area contributed by atoms with Gasteiger partial charge in [0.05, 0.1) is 0 Å². The average molecular weight is 219 g/mol. The third-order valence-corrected chi connectivity index (χ3v) is 3.26. The van der Waals surface area contributed by atoms with Gasteiger partial charge in [-0.2, -0.15) is 0 Å². The second-order valence-corrected chi connectivity index (χ2v) is 4.53. The number of ether oxygens (including phenoxy) is 1. The monoisotopic (exact) mass is 219 g/mol. The fraction of sp³-hybridized carbons (Fsp3) is 0.571. The van der Waals surface area contributed by atoms with Crippen molar-refractivity contribution in [1.29, 1.82) is 0 Å². The lowest BCUT2D eigenvalue weighted by Gasteiger charge is -2.11. The molecule has 0 aromatic heterocycles. The molecule has 88 valence electrons. The Balaban J connectivity index is 1.67. The Morgan fingerprint density at radius 2 is 1.88 bits per heavy atom. The van der Waals surface area contributed by atoms with Crippen LogP contribution in [0.25, 0.3) is 0 Å². The van der Waals surface area contributed by atoms with Gasteiger partial charge >= 0.3 is 0 Å². The lowest BCUT2D eigenvalue weighted by atomic mass is 10.1. The van der Waals surface area contributed by atoms with Crippen LogP contribution in [-0.2, 0) is 17.6 Å². The van der Waals surface area contributed by atoms with Gasteiger partial charge in [-0.15, -0.1) is 0 Å². The molecular formula is C14H21NO. The molecule has 2 nitrogen and oxygen atoms in total. The van der Waals surface area contributed by atoms with Crippen LogP contribution in [0.15, 0.2) is 24.3 Å². The molecule has 1 aromatic rings. The molecule has 0 aliphatic heterocycles. The molecule has 0 saturated heterocycles. The first-order valence-electron chi connectivity index (χ1n) is 6.19. The summed E-state index contributed by atoms with van der Waals surface area (Å²) in [5.41, 5.74) is 3.05. The number of benzene rings is 1. The van der Waals surface area contributed by atoms with E-state index < -0.39 is 0 Å². The molecule has 0 radical (unpaired) electrons. The van der Waals surface area contributed by atoms with Crippen molar-refractivity contribution in [3.8, 4) is 0 Å². The van der Waals surface area contributed by atoms with Gasteiger partial charge in [0, 0.05) is 19.8 Å². The molecule has 0 spiro atoms. The normalized spacial score (nSPS) is 15.3. The highest BCUT2D eigenvalue weighted by molar-refractivity contribution is 5.33. The maximum Gasteiger partial charge on any atom is 0.0462 e. The molecule has 1 N–H and O–H groups in total. The summed E-state index contributed by atoms with van der Waals surface area (Å²) >= 11 is 0. The summed E-state index contributed by atoms with van der Waals surface area (Å²) in [4.78, 5) is 0. The lowest BCUT2D eigenvalue weighted by Crippen LogP contribution is -2.30. The summed E-state index contributed by atoms with van der Waals surface area (Å²) in [5.74, 6) is 0. The summed E-state index contributed by atoms with van der Waals surface area (Å²) in [6, 6.07) is 9.43. The van der Waals surface area contributed by atoms with E-state index in [2.05, 4.69) is 29.6 Å². The van der Waals surface area contributed by atoms with Crippen molar-refractivity contribution in [3.05, 3.63) is 35.4 Å². The number of hydrogen-bond acceptors (Lipinski definition) is 2. The van der Waals surface area contributed by atoms with Crippen molar-refractivity contribution < 1.29 is 4.74 Å². The molecule has 1 aromatic carbocycles. The second kappa shape index (κ2) is 6.02. The fourth-order valence-corrected chi connectivity index (χ4v) is 2.38. The van der Waals surface area contributed by atoms with Crippen LogP contribution in [0, 0.1) is 0 Å². The number of methoxy groups -OCH3 is 1. The van der Waals surface area contributed by atoms with Crippen LogP contribution in [-0.4, -0.2) is 26.3 Å². The van der Waals surface area contributed by atoms with Gasteiger partial charge < -0.3 is 10.1 Å². The standard InChI is InChI=1S/C14H21NO/c1-16-9-5-4-8-15-14-10-12-6-2-3-7-13(12)11-14/h2-3,6-7,14-15H,4-5,8-11H2,1H3. The predicted octanol–water partition coefficient (Wildman–Crippen LogP) is 2.17. The first-order valence-corrected chi connectivity index (χ1v) is 6.19. The first kappa shape index (κ1) is 11.6. The summed E-state index contributed by atoms with van der Waals surface area (Å²) in [5, 5.41) is 3.63. The Morgan fingerprint density at radius 1 is 1.19 bits per heavy atom. The highest BCUT2D eigenvalue weighted by Gasteiger charge is 2.19. The molecule has 0 saturated carbocycles. The predicted molar refractivity (Wildman–Crippen MR) is 66.8 cm³/mol. The average Bonchev–Trinajstić information content (AvgIpc) is 2.71. The first-order chi connectivity index (χ1) is 7.90. The molecule has 1 aliphatic rings. The topological polar surface area (TPSA) is 21.3 Å². The summed E-state index contributed by atoms with van der Waals surface area (Å²) in [6.45, 7) is 1.99. The van der Waals surface area contributed by atoms with E-state index in [-0.39, 0.29) is 0 Å². The molecule has 1 aliphatic carbocycles. The lowest BCUT2D eigenvalue weighted by molar-refractivity contribution is 0.192. The Kier molecular flexibility index (Phi) is 4.37. The van der Waals surface area contributed by atoms with E-state index in [4.69, 9.17) is 4.74 Å². The largest absolute Gasteiger partial charge is 0.385 e. The Labute approximate surface area is 98.0 Å². The van der Waals surface area contributed by atoms with Crippen molar-refractivity contribution in [1.82, 2.24) is 5.32 Å². The van der Waals surface area contributed by atoms with Crippen LogP contribution in [0.3, 0.4) is 0 Å². The number of nitrogens with one attached hydrogen (secondary N) is 1. The molecule has 0 heterocycles. The van der Waals surface area contributed by atoms with Crippen molar-refractivity contribution in [2.75, 3.05) is 20.3 Å². The third kappa shape index (κ3) is 3.06. The number of fused-ring (bicyclic) bond motifs is 1. The van der Waals surface area contributed by atoms with E-state index in [1.807, 2.05) is 0 Å². The molecule has 0 amide bonds. The van der Waals surface area contributed by atoms with Gasteiger partial charge in [-0.3, -0.25) is 0 Å². The Bertz CT molecular complexity index is 299. The molecule has 2 heteroatoms. The molecule has 0 fully saturated rings. The van der Waals surface area contributed by atoms with Crippen LogP contribution < -0.4 is 5.32 Å². The minimum absolute atomic E-state index is 0.653. The van der Waals surface area contributed by atoms with Crippen molar-refractivity contribution in [2.24, 2.45) is 0 Å². The smallest absolute Gasteiger partial charge is 0.0462 e. The van der Waals surface area contributed by atoms with E-state index >= 15 is 0 Å². The van der Waals surface area contributed by atoms with Crippen LogP contribution in [0.4, 0.5) is 0 Å². The maximum absolute atomic E-state index is 5.04. The van der Waals surface area contributed by atoms with E-state index in [1.54, 1.807) is 7.11 Å². The van der Waals surface area contributed by atoms with Crippen molar-refractivity contribution in [2.45, 2.75) is 31.7 Å². The van der Waals surface area contributed by atoms with Gasteiger partial charge in [-0.1, -0.05) is 24.3 Å². The zero-order valence-corrected chi connectivity index (χ0v) is 10.0. The molecule has 0 bridgehead atoms. The van der Waals surface area contributed by atoms with Gasteiger partial charge in [0.15, 0.2) is 0 Å². The van der Waals surface area contributed by atoms with Crippen LogP contribution in [0.1, 0.15) is 24.0 Å². The van der Waals surface area contributed by atoms with E-state index in [0.717, 1.165) is 19.6 Å². The molecule has 2 rings (SSSR count). The minimum atomic E-state index is 0.653. The summed E-state index contributed by atoms with van der Waals surface area (Å²) in [6.07, 6.45) is 4.75. The van der Waals surface area contributed by atoms with Gasteiger partial charge in [0.1, 0.15) is 0 Å². The maximum atomic E-state index is 5.04. The van der Waals surface area contributed by atoms with E-state index in [0.29, 0.717) is 6.04 Å². The highest BCUT2D eigenvalue weighted by Crippen LogP contribution is 2.21. The third-order valence-electron chi connectivity index (χ3n) is 3.26. The zero-order valence-electron chi connectivity index (χ0n) is 10.0. The van der Waals surface area contributed by atoms with E-state index in [1.165, 1.54) is 30.4 Å². The zero-order chi connectivity index (χ0) is 11.2. The van der Waals surface area contributed by atoms with Gasteiger partial charge in [-0.05, 0) is 43.4 Å². The van der Waals surface area contributed by atoms with E-state index in [9.17, 15) is 0 Å². The molecule has 0 atom stereocenters. The van der Waals surface area contributed by atoms with Crippen LogP contribution >= 0.6 is 0 Å². The SMILES string of the molecule is COCCCCNC1Cc2ccccc2C1. The quantitative estimate of drug-likeness (QED) is 0.740. The van der Waals surface area contributed by atoms with Crippen molar-refractivity contribution in [3.63, 3.8) is 0 Å². The van der Waals surface area contributed by atoms with Crippen LogP contribution in [0.2, 0.25) is 0 Å². The van der Waals surface area contributed by atoms with Gasteiger partial charge in [0.25, 0.3) is 0 Å². The molecule has 0 unspecified atom stereocenters.